The third-order valence-corrected chi connectivity index (χ3v) is 9.26. The van der Waals surface area contributed by atoms with Crippen molar-refractivity contribution >= 4 is 11.6 Å². The number of anilines is 1. The molecule has 0 bridgehead atoms. The third kappa shape index (κ3) is 5.08. The van der Waals surface area contributed by atoms with Gasteiger partial charge in [-0.15, -0.1) is 0 Å². The first kappa shape index (κ1) is 23.1. The van der Waals surface area contributed by atoms with Gasteiger partial charge in [0.2, 0.25) is 5.91 Å². The van der Waals surface area contributed by atoms with Crippen molar-refractivity contribution in [2.75, 3.05) is 18.4 Å². The molecular formula is C28H42FN3O. The summed E-state index contributed by atoms with van der Waals surface area (Å²) in [5.74, 6) is 3.08. The highest BCUT2D eigenvalue weighted by atomic mass is 19.1. The average Bonchev–Trinajstić information content (AvgIpc) is 3.13. The molecule has 5 heteroatoms. The number of hydrogen-bond donors (Lipinski definition) is 3. The van der Waals surface area contributed by atoms with Gasteiger partial charge < -0.3 is 16.0 Å². The van der Waals surface area contributed by atoms with Crippen LogP contribution in [0.2, 0.25) is 0 Å². The quantitative estimate of drug-likeness (QED) is 0.537. The second-order valence-electron chi connectivity index (χ2n) is 11.3. The molecule has 2 saturated carbocycles. The fourth-order valence-electron chi connectivity index (χ4n) is 7.52. The molecule has 2 aliphatic carbocycles. The molecule has 2 aliphatic heterocycles. The van der Waals surface area contributed by atoms with Crippen LogP contribution in [0.15, 0.2) is 12.1 Å². The van der Waals surface area contributed by atoms with Crippen LogP contribution in [-0.4, -0.2) is 31.1 Å². The minimum Gasteiger partial charge on any atom is -0.373 e. The average molecular weight is 456 g/mol. The Bertz CT molecular complexity index is 804. The smallest absolute Gasteiger partial charge is 0.243 e. The number of nitrogens with one attached hydrogen (secondary N) is 3. The molecule has 1 aromatic rings. The van der Waals surface area contributed by atoms with Crippen molar-refractivity contribution in [3.05, 3.63) is 29.1 Å². The highest BCUT2D eigenvalue weighted by Gasteiger charge is 2.39. The maximum atomic E-state index is 14.3. The molecule has 3 unspecified atom stereocenters. The summed E-state index contributed by atoms with van der Waals surface area (Å²) >= 11 is 0. The summed E-state index contributed by atoms with van der Waals surface area (Å²) in [6, 6.07) is 3.22. The summed E-state index contributed by atoms with van der Waals surface area (Å²) in [6.45, 7) is 4.32. The van der Waals surface area contributed by atoms with E-state index in [4.69, 9.17) is 0 Å². The van der Waals surface area contributed by atoms with E-state index in [2.05, 4.69) is 16.0 Å². The maximum absolute atomic E-state index is 14.3. The van der Waals surface area contributed by atoms with Gasteiger partial charge in [0.05, 0.1) is 0 Å². The highest BCUT2D eigenvalue weighted by molar-refractivity contribution is 5.88. The Hall–Kier alpha value is -1.62. The van der Waals surface area contributed by atoms with E-state index in [0.29, 0.717) is 12.0 Å². The van der Waals surface area contributed by atoms with Gasteiger partial charge in [-0.3, -0.25) is 4.79 Å². The summed E-state index contributed by atoms with van der Waals surface area (Å²) < 4.78 is 14.3. The van der Waals surface area contributed by atoms with Gasteiger partial charge in [-0.2, -0.15) is 0 Å². The lowest BCUT2D eigenvalue weighted by molar-refractivity contribution is -0.122. The number of piperidine rings is 1. The zero-order valence-corrected chi connectivity index (χ0v) is 20.3. The van der Waals surface area contributed by atoms with E-state index in [1.165, 1.54) is 70.4 Å². The number of carbonyl (C=O) groups is 1. The number of amides is 1. The van der Waals surface area contributed by atoms with Crippen LogP contribution in [0.3, 0.4) is 0 Å². The molecule has 1 amide bonds. The Morgan fingerprint density at radius 2 is 1.76 bits per heavy atom. The van der Waals surface area contributed by atoms with Crippen LogP contribution < -0.4 is 16.0 Å². The Morgan fingerprint density at radius 3 is 2.55 bits per heavy atom. The van der Waals surface area contributed by atoms with Gasteiger partial charge >= 0.3 is 0 Å². The zero-order chi connectivity index (χ0) is 22.8. The first-order chi connectivity index (χ1) is 16.1. The topological polar surface area (TPSA) is 53.2 Å². The fraction of sp³-hybridized carbons (Fsp3) is 0.750. The molecule has 4 nitrogen and oxygen atoms in total. The van der Waals surface area contributed by atoms with Crippen LogP contribution in [-0.2, 0) is 11.2 Å². The molecule has 5 rings (SSSR count). The number of benzene rings is 1. The number of aryl methyl sites for hydroxylation is 1. The van der Waals surface area contributed by atoms with Crippen LogP contribution in [0.25, 0.3) is 0 Å². The molecule has 2 heterocycles. The lowest BCUT2D eigenvalue weighted by Crippen LogP contribution is -2.49. The van der Waals surface area contributed by atoms with Gasteiger partial charge in [-0.1, -0.05) is 57.4 Å². The summed E-state index contributed by atoms with van der Waals surface area (Å²) in [5.41, 5.74) is 2.49. The van der Waals surface area contributed by atoms with Crippen molar-refractivity contribution in [2.24, 2.45) is 23.7 Å². The first-order valence-electron chi connectivity index (χ1n) is 13.7. The maximum Gasteiger partial charge on any atom is 0.243 e. The summed E-state index contributed by atoms with van der Waals surface area (Å²) in [6.07, 6.45) is 15.0. The van der Waals surface area contributed by atoms with Gasteiger partial charge in [0, 0.05) is 23.7 Å². The number of carbonyl (C=O) groups excluding carboxylic acids is 1. The van der Waals surface area contributed by atoms with E-state index in [9.17, 15) is 9.18 Å². The number of hydrogen-bond acceptors (Lipinski definition) is 3. The minimum absolute atomic E-state index is 0.0429. The summed E-state index contributed by atoms with van der Waals surface area (Å²) in [7, 11) is 0. The van der Waals surface area contributed by atoms with Crippen molar-refractivity contribution in [1.82, 2.24) is 10.6 Å². The normalized spacial score (nSPS) is 33.1. The zero-order valence-electron chi connectivity index (χ0n) is 20.3. The van der Waals surface area contributed by atoms with Gasteiger partial charge in [-0.25, -0.2) is 4.39 Å². The van der Waals surface area contributed by atoms with Crippen LogP contribution in [0.4, 0.5) is 10.1 Å². The molecular weight excluding hydrogens is 413 g/mol. The Kier molecular flexibility index (Phi) is 7.24. The van der Waals surface area contributed by atoms with Crippen molar-refractivity contribution in [2.45, 2.75) is 96.1 Å². The Morgan fingerprint density at radius 1 is 0.970 bits per heavy atom. The molecule has 0 radical (unpaired) electrons. The molecule has 4 aliphatic rings. The van der Waals surface area contributed by atoms with E-state index < -0.39 is 0 Å². The fourth-order valence-corrected chi connectivity index (χ4v) is 7.52. The van der Waals surface area contributed by atoms with Gasteiger partial charge in [-0.05, 0) is 74.6 Å². The van der Waals surface area contributed by atoms with Crippen LogP contribution in [0.1, 0.15) is 81.8 Å². The monoisotopic (exact) mass is 455 g/mol. The molecule has 3 fully saturated rings. The summed E-state index contributed by atoms with van der Waals surface area (Å²) in [4.78, 5) is 13.1. The number of halogens is 1. The number of rotatable bonds is 4. The van der Waals surface area contributed by atoms with Crippen LogP contribution >= 0.6 is 0 Å². The number of fused-ring (bicyclic) bond motifs is 1. The SMILES string of the molecule is Cc1ccc(F)c2c1NC(C(=O)N[C@H]1CCC[C@@H](C3CCNCC3C3CCCCCC3)C1)C2. The van der Waals surface area contributed by atoms with Gasteiger partial charge in [0.15, 0.2) is 0 Å². The van der Waals surface area contributed by atoms with E-state index >= 15 is 0 Å². The Balaban J connectivity index is 1.20. The predicted octanol–water partition coefficient (Wildman–Crippen LogP) is 5.34. The molecule has 182 valence electrons. The predicted molar refractivity (Wildman–Crippen MR) is 132 cm³/mol. The van der Waals surface area contributed by atoms with Gasteiger partial charge in [0.1, 0.15) is 11.9 Å². The molecule has 33 heavy (non-hydrogen) atoms. The van der Waals surface area contributed by atoms with Crippen molar-refractivity contribution < 1.29 is 9.18 Å². The summed E-state index contributed by atoms with van der Waals surface area (Å²) in [5, 5.41) is 10.4. The lowest BCUT2D eigenvalue weighted by Gasteiger charge is -2.44. The molecule has 0 aromatic heterocycles. The molecule has 5 atom stereocenters. The standard InChI is InChI=1S/C28H42FN3O/c1-18-11-12-25(29)23-16-26(32-27(18)23)28(33)31-21-10-6-9-20(15-21)22-13-14-30-17-24(22)19-7-4-2-3-5-8-19/h11-12,19-22,24,26,30,32H,2-10,13-17H2,1H3,(H,31,33)/t20-,21+,22?,24?,26?/m1/s1. The molecule has 1 saturated heterocycles. The van der Waals surface area contributed by atoms with E-state index in [-0.39, 0.29) is 23.8 Å². The lowest BCUT2D eigenvalue weighted by atomic mass is 9.65. The Labute approximate surface area is 198 Å². The van der Waals surface area contributed by atoms with Crippen molar-refractivity contribution in [1.29, 1.82) is 0 Å². The molecule has 3 N–H and O–H groups in total. The second-order valence-corrected chi connectivity index (χ2v) is 11.3. The van der Waals surface area contributed by atoms with Crippen LogP contribution in [0.5, 0.6) is 0 Å². The minimum atomic E-state index is -0.353. The molecule has 1 aromatic carbocycles. The van der Waals surface area contributed by atoms with Crippen molar-refractivity contribution in [3.8, 4) is 0 Å². The third-order valence-electron chi connectivity index (χ3n) is 9.26. The van der Waals surface area contributed by atoms with Crippen LogP contribution in [0, 0.1) is 36.4 Å². The van der Waals surface area contributed by atoms with E-state index in [0.717, 1.165) is 54.3 Å². The molecule has 0 spiro atoms. The van der Waals surface area contributed by atoms with Gasteiger partial charge in [0.25, 0.3) is 0 Å². The highest BCUT2D eigenvalue weighted by Crippen LogP contribution is 2.43. The largest absolute Gasteiger partial charge is 0.373 e. The first-order valence-corrected chi connectivity index (χ1v) is 13.7. The van der Waals surface area contributed by atoms with E-state index in [1.807, 2.05) is 6.92 Å². The van der Waals surface area contributed by atoms with Crippen molar-refractivity contribution in [3.63, 3.8) is 0 Å². The second kappa shape index (κ2) is 10.3. The van der Waals surface area contributed by atoms with E-state index in [1.54, 1.807) is 6.07 Å².